The lowest BCUT2D eigenvalue weighted by atomic mass is 10.0. The van der Waals surface area contributed by atoms with Gasteiger partial charge in [-0.05, 0) is 37.6 Å². The summed E-state index contributed by atoms with van der Waals surface area (Å²) in [6.07, 6.45) is 15.3. The Kier molecular flexibility index (Phi) is 15.0. The fourth-order valence-corrected chi connectivity index (χ4v) is 4.92. The number of rotatable bonds is 19. The minimum atomic E-state index is -0.658. The number of nitrogens with one attached hydrogen (secondary N) is 4. The molecule has 0 aliphatic carbocycles. The normalized spacial score (nSPS) is 10.8. The Labute approximate surface area is 255 Å². The first-order valence-electron chi connectivity index (χ1n) is 15.8. The van der Waals surface area contributed by atoms with E-state index < -0.39 is 11.9 Å². The van der Waals surface area contributed by atoms with E-state index in [1.54, 1.807) is 36.4 Å². The van der Waals surface area contributed by atoms with E-state index in [-0.39, 0.29) is 11.3 Å². The van der Waals surface area contributed by atoms with E-state index in [0.29, 0.717) is 41.1 Å². The molecule has 0 saturated heterocycles. The quantitative estimate of drug-likeness (QED) is 0.0703. The molecule has 0 aromatic heterocycles. The van der Waals surface area contributed by atoms with Gasteiger partial charge in [0.05, 0.1) is 30.2 Å². The SMILES string of the molecule is CCCCCCCCCCCCCCOc1ccccc1NC(=O)NNC(=O)c1ccc2c(NOCC)cccc2c1O. The molecule has 3 aromatic carbocycles. The summed E-state index contributed by atoms with van der Waals surface area (Å²) in [5, 5.41) is 14.6. The first kappa shape index (κ1) is 33.5. The van der Waals surface area contributed by atoms with Gasteiger partial charge < -0.3 is 15.2 Å². The highest BCUT2D eigenvalue weighted by Crippen LogP contribution is 2.33. The number of ether oxygens (including phenoxy) is 1. The molecule has 0 saturated carbocycles. The van der Waals surface area contributed by atoms with E-state index in [0.717, 1.165) is 12.8 Å². The average Bonchev–Trinajstić information content (AvgIpc) is 3.02. The Bertz CT molecular complexity index is 1280. The number of aromatic hydroxyl groups is 1. The van der Waals surface area contributed by atoms with Crippen molar-refractivity contribution in [3.63, 3.8) is 0 Å². The second-order valence-corrected chi connectivity index (χ2v) is 10.7. The highest BCUT2D eigenvalue weighted by Gasteiger charge is 2.16. The molecule has 0 spiro atoms. The summed E-state index contributed by atoms with van der Waals surface area (Å²) in [5.41, 5.74) is 8.70. The second-order valence-electron chi connectivity index (χ2n) is 10.7. The molecule has 3 rings (SSSR count). The molecule has 43 heavy (non-hydrogen) atoms. The van der Waals surface area contributed by atoms with Crippen LogP contribution in [0.1, 0.15) is 101 Å². The molecular weight excluding hydrogens is 544 g/mol. The van der Waals surface area contributed by atoms with Crippen molar-refractivity contribution in [1.29, 1.82) is 0 Å². The van der Waals surface area contributed by atoms with Gasteiger partial charge in [-0.1, -0.05) is 108 Å². The molecule has 0 heterocycles. The number of anilines is 2. The number of benzene rings is 3. The largest absolute Gasteiger partial charge is 0.506 e. The third kappa shape index (κ3) is 11.3. The van der Waals surface area contributed by atoms with Gasteiger partial charge in [-0.15, -0.1) is 0 Å². The van der Waals surface area contributed by atoms with Gasteiger partial charge in [-0.2, -0.15) is 0 Å². The van der Waals surface area contributed by atoms with Crippen molar-refractivity contribution < 1.29 is 24.3 Å². The molecular formula is C34H48N4O5. The number of fused-ring (bicyclic) bond motifs is 1. The molecule has 0 aliphatic rings. The summed E-state index contributed by atoms with van der Waals surface area (Å²) >= 11 is 0. The lowest BCUT2D eigenvalue weighted by Crippen LogP contribution is -2.44. The Balaban J connectivity index is 1.38. The average molecular weight is 593 g/mol. The van der Waals surface area contributed by atoms with Crippen LogP contribution in [0, 0.1) is 0 Å². The number of hydrazine groups is 1. The molecule has 3 amide bonds. The van der Waals surface area contributed by atoms with Crippen LogP contribution in [0.15, 0.2) is 54.6 Å². The zero-order valence-electron chi connectivity index (χ0n) is 25.7. The smallest absolute Gasteiger partial charge is 0.338 e. The Morgan fingerprint density at radius 1 is 0.698 bits per heavy atom. The van der Waals surface area contributed by atoms with E-state index in [2.05, 4.69) is 28.6 Å². The van der Waals surface area contributed by atoms with Crippen molar-refractivity contribution in [2.75, 3.05) is 24.0 Å². The number of unbranched alkanes of at least 4 members (excludes halogenated alkanes) is 11. The Morgan fingerprint density at radius 2 is 1.35 bits per heavy atom. The van der Waals surface area contributed by atoms with Crippen molar-refractivity contribution in [3.8, 4) is 11.5 Å². The fraction of sp³-hybridized carbons (Fsp3) is 0.471. The Morgan fingerprint density at radius 3 is 2.05 bits per heavy atom. The second kappa shape index (κ2) is 19.3. The predicted molar refractivity (Wildman–Crippen MR) is 173 cm³/mol. The van der Waals surface area contributed by atoms with Crippen LogP contribution >= 0.6 is 0 Å². The fourth-order valence-electron chi connectivity index (χ4n) is 4.92. The van der Waals surface area contributed by atoms with Crippen molar-refractivity contribution in [1.82, 2.24) is 10.9 Å². The summed E-state index contributed by atoms with van der Waals surface area (Å²) in [6.45, 7) is 5.14. The number of phenolic OH excluding ortho intramolecular Hbond substituents is 1. The third-order valence-electron chi connectivity index (χ3n) is 7.28. The van der Waals surface area contributed by atoms with Gasteiger partial charge in [0.25, 0.3) is 5.91 Å². The number of hydrogen-bond donors (Lipinski definition) is 5. The number of para-hydroxylation sites is 2. The number of carbonyl (C=O) groups is 2. The summed E-state index contributed by atoms with van der Waals surface area (Å²) in [5.74, 6) is -0.293. The van der Waals surface area contributed by atoms with Crippen LogP contribution in [-0.4, -0.2) is 30.3 Å². The van der Waals surface area contributed by atoms with Crippen LogP contribution in [0.25, 0.3) is 10.8 Å². The summed E-state index contributed by atoms with van der Waals surface area (Å²) < 4.78 is 5.94. The molecule has 3 aromatic rings. The number of phenols is 1. The lowest BCUT2D eigenvalue weighted by molar-refractivity contribution is 0.0935. The standard InChI is InChI=1S/C34H48N4O5/c1-3-5-6-7-8-9-10-11-12-13-14-17-25-42-31-22-16-15-20-30(31)35-34(41)37-36-33(40)28-24-23-26-27(32(28)39)19-18-21-29(26)38-43-4-2/h15-16,18-24,38-39H,3-14,17,25H2,1-2H3,(H,36,40)(H2,35,37,41). The molecule has 9 heteroatoms. The molecule has 0 unspecified atom stereocenters. The molecule has 0 fully saturated rings. The maximum atomic E-state index is 12.8. The van der Waals surface area contributed by atoms with Crippen molar-refractivity contribution >= 4 is 34.1 Å². The maximum Gasteiger partial charge on any atom is 0.338 e. The van der Waals surface area contributed by atoms with Gasteiger partial charge >= 0.3 is 6.03 Å². The van der Waals surface area contributed by atoms with Gasteiger partial charge in [0.15, 0.2) is 0 Å². The van der Waals surface area contributed by atoms with Crippen molar-refractivity contribution in [2.45, 2.75) is 90.9 Å². The summed E-state index contributed by atoms with van der Waals surface area (Å²) in [4.78, 5) is 30.6. The zero-order chi connectivity index (χ0) is 30.7. The molecule has 0 atom stereocenters. The predicted octanol–water partition coefficient (Wildman–Crippen LogP) is 8.46. The van der Waals surface area contributed by atoms with Crippen LogP contribution in [0.2, 0.25) is 0 Å². The topological polar surface area (TPSA) is 121 Å². The molecule has 0 aliphatic heterocycles. The number of carbonyl (C=O) groups excluding carboxylic acids is 2. The van der Waals surface area contributed by atoms with Gasteiger partial charge in [-0.3, -0.25) is 20.5 Å². The highest BCUT2D eigenvalue weighted by atomic mass is 16.6. The molecule has 0 bridgehead atoms. The van der Waals surface area contributed by atoms with Crippen LogP contribution < -0.4 is 26.4 Å². The maximum absolute atomic E-state index is 12.8. The first-order valence-corrected chi connectivity index (χ1v) is 15.8. The van der Waals surface area contributed by atoms with Crippen LogP contribution in [-0.2, 0) is 4.84 Å². The van der Waals surface area contributed by atoms with Crippen molar-refractivity contribution in [3.05, 3.63) is 60.2 Å². The Hall–Kier alpha value is -3.98. The monoisotopic (exact) mass is 592 g/mol. The number of amides is 3. The minimum absolute atomic E-state index is 0.0208. The van der Waals surface area contributed by atoms with E-state index in [4.69, 9.17) is 9.57 Å². The zero-order valence-corrected chi connectivity index (χ0v) is 25.7. The summed E-state index contributed by atoms with van der Waals surface area (Å²) in [6, 6.07) is 15.0. The van der Waals surface area contributed by atoms with Crippen LogP contribution in [0.4, 0.5) is 16.2 Å². The van der Waals surface area contributed by atoms with Gasteiger partial charge in [0.2, 0.25) is 0 Å². The van der Waals surface area contributed by atoms with E-state index in [1.807, 2.05) is 19.1 Å². The van der Waals surface area contributed by atoms with E-state index >= 15 is 0 Å². The van der Waals surface area contributed by atoms with Crippen LogP contribution in [0.5, 0.6) is 11.5 Å². The third-order valence-corrected chi connectivity index (χ3v) is 7.28. The van der Waals surface area contributed by atoms with Gasteiger partial charge in [0.1, 0.15) is 11.5 Å². The number of urea groups is 1. The van der Waals surface area contributed by atoms with Crippen LogP contribution in [0.3, 0.4) is 0 Å². The molecule has 9 nitrogen and oxygen atoms in total. The highest BCUT2D eigenvalue weighted by molar-refractivity contribution is 6.07. The molecule has 5 N–H and O–H groups in total. The van der Waals surface area contributed by atoms with Gasteiger partial charge in [-0.25, -0.2) is 10.2 Å². The van der Waals surface area contributed by atoms with Gasteiger partial charge in [0, 0.05) is 10.8 Å². The lowest BCUT2D eigenvalue weighted by Gasteiger charge is -2.14. The molecule has 0 radical (unpaired) electrons. The first-order chi connectivity index (χ1) is 21.0. The van der Waals surface area contributed by atoms with E-state index in [1.165, 1.54) is 70.3 Å². The minimum Gasteiger partial charge on any atom is -0.506 e. The van der Waals surface area contributed by atoms with Crippen molar-refractivity contribution in [2.24, 2.45) is 0 Å². The summed E-state index contributed by atoms with van der Waals surface area (Å²) in [7, 11) is 0. The van der Waals surface area contributed by atoms with E-state index in [9.17, 15) is 14.7 Å². The molecule has 234 valence electrons. The number of hydrogen-bond acceptors (Lipinski definition) is 6.